The zero-order valence-corrected chi connectivity index (χ0v) is 17.5. The van der Waals surface area contributed by atoms with Crippen LogP contribution in [0.3, 0.4) is 0 Å². The van der Waals surface area contributed by atoms with Crippen molar-refractivity contribution in [2.24, 2.45) is 17.8 Å². The van der Waals surface area contributed by atoms with Crippen LogP contribution in [0, 0.1) is 29.6 Å². The van der Waals surface area contributed by atoms with Gasteiger partial charge in [0.25, 0.3) is 0 Å². The molecule has 1 amide bonds. The van der Waals surface area contributed by atoms with E-state index in [-0.39, 0.29) is 23.4 Å². The molecule has 1 saturated carbocycles. The molecule has 27 heavy (non-hydrogen) atoms. The van der Waals surface area contributed by atoms with E-state index in [1.807, 2.05) is 27.7 Å². The minimum Gasteiger partial charge on any atom is -0.478 e. The summed E-state index contributed by atoms with van der Waals surface area (Å²) in [6.45, 7) is 9.73. The van der Waals surface area contributed by atoms with E-state index < -0.39 is 18.0 Å². The Balaban J connectivity index is 2.42. The molecule has 1 aromatic rings. The molecule has 1 aliphatic rings. The fourth-order valence-electron chi connectivity index (χ4n) is 3.40. The molecule has 0 bridgehead atoms. The number of carboxylic acids is 1. The average Bonchev–Trinajstić information content (AvgIpc) is 2.96. The summed E-state index contributed by atoms with van der Waals surface area (Å²) in [7, 11) is 0. The van der Waals surface area contributed by atoms with Gasteiger partial charge in [0.05, 0.1) is 22.5 Å². The Morgan fingerprint density at radius 2 is 1.93 bits per heavy atom. The van der Waals surface area contributed by atoms with E-state index in [0.717, 1.165) is 6.42 Å². The SMILES string of the molecule is CC(C)C#Cc1cc(C(=O)O)c(N(C(=O)[C@@H]2CC[C@@H](C)C[C@@H]2O)C(C)C)s1. The first-order valence-corrected chi connectivity index (χ1v) is 10.3. The number of amides is 1. The Morgan fingerprint density at radius 3 is 2.44 bits per heavy atom. The third kappa shape index (κ3) is 5.12. The van der Waals surface area contributed by atoms with E-state index >= 15 is 0 Å². The van der Waals surface area contributed by atoms with Crippen molar-refractivity contribution < 1.29 is 19.8 Å². The second kappa shape index (κ2) is 8.90. The van der Waals surface area contributed by atoms with E-state index in [0.29, 0.717) is 28.6 Å². The molecule has 1 aliphatic carbocycles. The summed E-state index contributed by atoms with van der Waals surface area (Å²) in [5, 5.41) is 20.5. The first-order valence-electron chi connectivity index (χ1n) is 9.51. The Bertz CT molecular complexity index is 756. The second-order valence-electron chi connectivity index (χ2n) is 7.95. The van der Waals surface area contributed by atoms with Crippen molar-refractivity contribution in [1.82, 2.24) is 0 Å². The summed E-state index contributed by atoms with van der Waals surface area (Å²) in [6, 6.07) is 1.33. The third-order valence-electron chi connectivity index (χ3n) is 4.80. The first-order chi connectivity index (χ1) is 12.6. The van der Waals surface area contributed by atoms with E-state index in [1.54, 1.807) is 11.0 Å². The first kappa shape index (κ1) is 21.5. The van der Waals surface area contributed by atoms with Crippen molar-refractivity contribution in [3.05, 3.63) is 16.5 Å². The number of aliphatic hydroxyl groups is 1. The summed E-state index contributed by atoms with van der Waals surface area (Å²) in [4.78, 5) is 27.2. The highest BCUT2D eigenvalue weighted by molar-refractivity contribution is 7.17. The van der Waals surface area contributed by atoms with Crippen molar-refractivity contribution in [3.8, 4) is 11.8 Å². The maximum atomic E-state index is 13.3. The highest BCUT2D eigenvalue weighted by Gasteiger charge is 2.38. The molecule has 0 aliphatic heterocycles. The number of carbonyl (C=O) groups is 2. The van der Waals surface area contributed by atoms with Gasteiger partial charge in [0.2, 0.25) is 5.91 Å². The molecule has 1 fully saturated rings. The Labute approximate surface area is 165 Å². The fourth-order valence-corrected chi connectivity index (χ4v) is 4.55. The van der Waals surface area contributed by atoms with Crippen molar-refractivity contribution in [2.45, 2.75) is 66.0 Å². The van der Waals surface area contributed by atoms with Crippen LogP contribution in [-0.2, 0) is 4.79 Å². The zero-order chi connectivity index (χ0) is 20.3. The quantitative estimate of drug-likeness (QED) is 0.761. The number of carboxylic acid groups (broad SMARTS) is 1. The molecular weight excluding hydrogens is 362 g/mol. The molecule has 3 atom stereocenters. The van der Waals surface area contributed by atoms with Crippen LogP contribution in [0.2, 0.25) is 0 Å². The molecule has 1 heterocycles. The van der Waals surface area contributed by atoms with Gasteiger partial charge in [-0.2, -0.15) is 0 Å². The Kier molecular flexibility index (Phi) is 7.07. The molecule has 6 heteroatoms. The summed E-state index contributed by atoms with van der Waals surface area (Å²) in [5.41, 5.74) is 0.0915. The van der Waals surface area contributed by atoms with Gasteiger partial charge in [-0.15, -0.1) is 11.3 Å². The molecule has 0 spiro atoms. The zero-order valence-electron chi connectivity index (χ0n) is 16.7. The van der Waals surface area contributed by atoms with Gasteiger partial charge in [-0.1, -0.05) is 32.6 Å². The largest absolute Gasteiger partial charge is 0.478 e. The highest BCUT2D eigenvalue weighted by atomic mass is 32.1. The van der Waals surface area contributed by atoms with Crippen LogP contribution in [0.1, 0.15) is 69.1 Å². The molecule has 0 saturated heterocycles. The Hall–Kier alpha value is -1.84. The lowest BCUT2D eigenvalue weighted by Crippen LogP contribution is -2.46. The van der Waals surface area contributed by atoms with Crippen molar-refractivity contribution >= 4 is 28.2 Å². The normalized spacial score (nSPS) is 22.4. The van der Waals surface area contributed by atoms with Gasteiger partial charge in [0, 0.05) is 12.0 Å². The topological polar surface area (TPSA) is 77.8 Å². The summed E-state index contributed by atoms with van der Waals surface area (Å²) < 4.78 is 0. The van der Waals surface area contributed by atoms with Gasteiger partial charge < -0.3 is 15.1 Å². The minimum absolute atomic E-state index is 0.0915. The number of aromatic carboxylic acids is 1. The number of rotatable bonds is 4. The van der Waals surface area contributed by atoms with E-state index in [1.165, 1.54) is 11.3 Å². The maximum absolute atomic E-state index is 13.3. The molecule has 0 aromatic carbocycles. The smallest absolute Gasteiger partial charge is 0.338 e. The molecule has 0 radical (unpaired) electrons. The van der Waals surface area contributed by atoms with Gasteiger partial charge in [0.15, 0.2) is 0 Å². The van der Waals surface area contributed by atoms with Gasteiger partial charge in [-0.05, 0) is 45.1 Å². The summed E-state index contributed by atoms with van der Waals surface area (Å²) in [5.74, 6) is 4.85. The van der Waals surface area contributed by atoms with Crippen LogP contribution in [0.5, 0.6) is 0 Å². The van der Waals surface area contributed by atoms with Crippen molar-refractivity contribution in [1.29, 1.82) is 0 Å². The molecular formula is C21H29NO4S. The third-order valence-corrected chi connectivity index (χ3v) is 5.85. The number of anilines is 1. The Morgan fingerprint density at radius 1 is 1.26 bits per heavy atom. The second-order valence-corrected chi connectivity index (χ2v) is 8.98. The van der Waals surface area contributed by atoms with Gasteiger partial charge in [0.1, 0.15) is 5.00 Å². The number of nitrogens with zero attached hydrogens (tertiary/aromatic N) is 1. The van der Waals surface area contributed by atoms with Gasteiger partial charge >= 0.3 is 5.97 Å². The molecule has 2 rings (SSSR count). The lowest BCUT2D eigenvalue weighted by atomic mass is 9.80. The summed E-state index contributed by atoms with van der Waals surface area (Å²) in [6.07, 6.45) is 1.43. The molecule has 148 valence electrons. The fraction of sp³-hybridized carbons (Fsp3) is 0.619. The van der Waals surface area contributed by atoms with E-state index in [4.69, 9.17) is 0 Å². The maximum Gasteiger partial charge on any atom is 0.338 e. The molecule has 2 N–H and O–H groups in total. The van der Waals surface area contributed by atoms with Gasteiger partial charge in [-0.25, -0.2) is 4.79 Å². The number of carbonyl (C=O) groups excluding carboxylic acids is 1. The predicted molar refractivity (Wildman–Crippen MR) is 108 cm³/mol. The van der Waals surface area contributed by atoms with E-state index in [9.17, 15) is 19.8 Å². The summed E-state index contributed by atoms with van der Waals surface area (Å²) >= 11 is 1.23. The lowest BCUT2D eigenvalue weighted by molar-refractivity contribution is -0.128. The molecule has 5 nitrogen and oxygen atoms in total. The highest BCUT2D eigenvalue weighted by Crippen LogP contribution is 2.37. The van der Waals surface area contributed by atoms with E-state index in [2.05, 4.69) is 18.8 Å². The minimum atomic E-state index is -1.07. The average molecular weight is 392 g/mol. The number of aliphatic hydroxyl groups excluding tert-OH is 1. The van der Waals surface area contributed by atoms with Crippen LogP contribution >= 0.6 is 11.3 Å². The van der Waals surface area contributed by atoms with Crippen molar-refractivity contribution in [2.75, 3.05) is 4.90 Å². The van der Waals surface area contributed by atoms with Crippen LogP contribution in [0.4, 0.5) is 5.00 Å². The number of hydrogen-bond acceptors (Lipinski definition) is 4. The molecule has 1 aromatic heterocycles. The van der Waals surface area contributed by atoms with Crippen LogP contribution < -0.4 is 4.90 Å². The monoisotopic (exact) mass is 391 g/mol. The molecule has 0 unspecified atom stereocenters. The van der Waals surface area contributed by atoms with Crippen molar-refractivity contribution in [3.63, 3.8) is 0 Å². The van der Waals surface area contributed by atoms with Crippen LogP contribution in [0.25, 0.3) is 0 Å². The van der Waals surface area contributed by atoms with Gasteiger partial charge in [-0.3, -0.25) is 4.79 Å². The number of hydrogen-bond donors (Lipinski definition) is 2. The van der Waals surface area contributed by atoms with Crippen LogP contribution in [-0.4, -0.2) is 34.2 Å². The van der Waals surface area contributed by atoms with Crippen LogP contribution in [0.15, 0.2) is 6.07 Å². The predicted octanol–water partition coefficient (Wildman–Crippen LogP) is 3.99. The lowest BCUT2D eigenvalue weighted by Gasteiger charge is -2.35. The number of thiophene rings is 1. The standard InChI is InChI=1S/C21H29NO4S/c1-12(2)6-8-15-11-17(21(25)26)20(27-15)22(13(3)4)19(24)16-9-7-14(5)10-18(16)23/h11-14,16,18,23H,7,9-10H2,1-5H3,(H,25,26)/t14-,16-,18+/m1/s1.